The first-order chi connectivity index (χ1) is 14.6. The van der Waals surface area contributed by atoms with E-state index < -0.39 is 29.2 Å². The van der Waals surface area contributed by atoms with Gasteiger partial charge in [0.1, 0.15) is 6.04 Å². The molecule has 4 rings (SSSR count). The van der Waals surface area contributed by atoms with Crippen LogP contribution in [0.2, 0.25) is 5.02 Å². The number of carbonyl (C=O) groups excluding carboxylic acids is 1. The maximum Gasteiger partial charge on any atom is 0.416 e. The van der Waals surface area contributed by atoms with Crippen LogP contribution in [0.25, 0.3) is 10.2 Å². The molecule has 1 aliphatic rings. The standard InChI is InChI=1S/C20H18ClF3N4O2S/c1-9-3-5-12-15(7-9)31-18-16(12)19(30)28(27-26-18)10(2)17(29)25-14-8-11(20(22,23)24)4-6-13(14)21/h4,6,8-10H,3,5,7H2,1-2H3,(H,25,29). The van der Waals surface area contributed by atoms with Crippen molar-refractivity contribution >= 4 is 44.7 Å². The number of nitrogens with one attached hydrogen (secondary N) is 1. The SMILES string of the molecule is CC1CCc2c(sc3nnn(C(C)C(=O)Nc4cc(C(F)(F)F)ccc4Cl)c(=O)c23)C1. The van der Waals surface area contributed by atoms with Crippen molar-refractivity contribution in [2.24, 2.45) is 5.92 Å². The smallest absolute Gasteiger partial charge is 0.323 e. The molecular weight excluding hydrogens is 453 g/mol. The largest absolute Gasteiger partial charge is 0.416 e. The van der Waals surface area contributed by atoms with Crippen molar-refractivity contribution in [2.45, 2.75) is 45.3 Å². The molecule has 0 aliphatic heterocycles. The third-order valence-electron chi connectivity index (χ3n) is 5.44. The number of hydrogen-bond acceptors (Lipinski definition) is 5. The molecular formula is C20H18ClF3N4O2S. The summed E-state index contributed by atoms with van der Waals surface area (Å²) in [5.74, 6) is -0.202. The number of fused-ring (bicyclic) bond motifs is 3. The van der Waals surface area contributed by atoms with Gasteiger partial charge in [0.15, 0.2) is 4.83 Å². The monoisotopic (exact) mass is 470 g/mol. The molecule has 2 atom stereocenters. The molecule has 2 heterocycles. The van der Waals surface area contributed by atoms with Crippen LogP contribution in [0.15, 0.2) is 23.0 Å². The summed E-state index contributed by atoms with van der Waals surface area (Å²) in [6.45, 7) is 3.59. The van der Waals surface area contributed by atoms with E-state index in [1.165, 1.54) is 18.3 Å². The molecule has 31 heavy (non-hydrogen) atoms. The molecule has 6 nitrogen and oxygen atoms in total. The van der Waals surface area contributed by atoms with Gasteiger partial charge in [-0.25, -0.2) is 0 Å². The highest BCUT2D eigenvalue weighted by Crippen LogP contribution is 2.36. The number of carbonyl (C=O) groups is 1. The Labute approximate surface area is 184 Å². The normalized spacial score (nSPS) is 17.4. The average molecular weight is 471 g/mol. The Morgan fingerprint density at radius 3 is 2.84 bits per heavy atom. The molecule has 1 N–H and O–H groups in total. The van der Waals surface area contributed by atoms with Crippen molar-refractivity contribution in [3.05, 3.63) is 49.6 Å². The Kier molecular flexibility index (Phi) is 5.55. The van der Waals surface area contributed by atoms with E-state index in [1.54, 1.807) is 0 Å². The van der Waals surface area contributed by atoms with Crippen molar-refractivity contribution < 1.29 is 18.0 Å². The van der Waals surface area contributed by atoms with E-state index in [-0.39, 0.29) is 10.7 Å². The lowest BCUT2D eigenvalue weighted by Gasteiger charge is -2.18. The quantitative estimate of drug-likeness (QED) is 0.593. The topological polar surface area (TPSA) is 76.9 Å². The number of halogens is 4. The molecule has 1 aromatic carbocycles. The Balaban J connectivity index is 1.66. The number of aryl methyl sites for hydroxylation is 1. The minimum Gasteiger partial charge on any atom is -0.323 e. The van der Waals surface area contributed by atoms with Crippen LogP contribution in [0.4, 0.5) is 18.9 Å². The van der Waals surface area contributed by atoms with E-state index in [0.717, 1.165) is 52.6 Å². The van der Waals surface area contributed by atoms with Gasteiger partial charge in [0.2, 0.25) is 5.91 Å². The van der Waals surface area contributed by atoms with E-state index in [0.29, 0.717) is 16.1 Å². The van der Waals surface area contributed by atoms with E-state index in [9.17, 15) is 22.8 Å². The summed E-state index contributed by atoms with van der Waals surface area (Å²) in [7, 11) is 0. The van der Waals surface area contributed by atoms with Crippen molar-refractivity contribution in [2.75, 3.05) is 5.32 Å². The lowest BCUT2D eigenvalue weighted by molar-refractivity contribution is -0.137. The van der Waals surface area contributed by atoms with Gasteiger partial charge in [0.05, 0.1) is 21.7 Å². The first kappa shape index (κ1) is 21.8. The Morgan fingerprint density at radius 1 is 1.39 bits per heavy atom. The number of nitrogens with zero attached hydrogens (tertiary/aromatic N) is 3. The fourth-order valence-corrected chi connectivity index (χ4v) is 5.15. The number of alkyl halides is 3. The van der Waals surface area contributed by atoms with Crippen molar-refractivity contribution in [3.8, 4) is 0 Å². The van der Waals surface area contributed by atoms with Crippen LogP contribution < -0.4 is 10.9 Å². The van der Waals surface area contributed by atoms with Crippen LogP contribution in [-0.4, -0.2) is 20.9 Å². The van der Waals surface area contributed by atoms with Gasteiger partial charge in [-0.05, 0) is 55.9 Å². The van der Waals surface area contributed by atoms with Crippen LogP contribution in [0.1, 0.15) is 42.3 Å². The molecule has 0 bridgehead atoms. The number of aromatic nitrogens is 3. The number of anilines is 1. The second kappa shape index (κ2) is 7.90. The molecule has 0 radical (unpaired) electrons. The number of hydrogen-bond donors (Lipinski definition) is 1. The predicted molar refractivity (Wildman–Crippen MR) is 113 cm³/mol. The van der Waals surface area contributed by atoms with Crippen molar-refractivity contribution in [1.29, 1.82) is 0 Å². The second-order valence-electron chi connectivity index (χ2n) is 7.73. The molecule has 3 aromatic rings. The van der Waals surface area contributed by atoms with Crippen LogP contribution in [0, 0.1) is 5.92 Å². The van der Waals surface area contributed by atoms with E-state index in [4.69, 9.17) is 11.6 Å². The van der Waals surface area contributed by atoms with Crippen LogP contribution in [-0.2, 0) is 23.8 Å². The van der Waals surface area contributed by atoms with Crippen molar-refractivity contribution in [3.63, 3.8) is 0 Å². The van der Waals surface area contributed by atoms with Gasteiger partial charge in [0.25, 0.3) is 5.56 Å². The first-order valence-corrected chi connectivity index (χ1v) is 10.8. The Bertz CT molecular complexity index is 1240. The molecule has 0 spiro atoms. The summed E-state index contributed by atoms with van der Waals surface area (Å²) in [4.78, 5) is 27.5. The summed E-state index contributed by atoms with van der Waals surface area (Å²) in [6.07, 6.45) is -1.99. The van der Waals surface area contributed by atoms with Gasteiger partial charge in [0, 0.05) is 4.88 Å². The molecule has 0 fully saturated rings. The van der Waals surface area contributed by atoms with Gasteiger partial charge < -0.3 is 5.32 Å². The summed E-state index contributed by atoms with van der Waals surface area (Å²) in [5.41, 5.74) is -0.621. The zero-order valence-corrected chi connectivity index (χ0v) is 18.2. The third-order valence-corrected chi connectivity index (χ3v) is 6.91. The average Bonchev–Trinajstić information content (AvgIpc) is 3.06. The fourth-order valence-electron chi connectivity index (χ4n) is 3.67. The van der Waals surface area contributed by atoms with Gasteiger partial charge in [-0.2, -0.15) is 17.9 Å². The molecule has 1 amide bonds. The zero-order valence-electron chi connectivity index (χ0n) is 16.6. The van der Waals surface area contributed by atoms with Gasteiger partial charge in [-0.1, -0.05) is 23.7 Å². The first-order valence-electron chi connectivity index (χ1n) is 9.63. The highest BCUT2D eigenvalue weighted by molar-refractivity contribution is 7.18. The number of amides is 1. The van der Waals surface area contributed by atoms with E-state index in [2.05, 4.69) is 22.6 Å². The highest BCUT2D eigenvalue weighted by atomic mass is 35.5. The molecule has 2 aromatic heterocycles. The van der Waals surface area contributed by atoms with Crippen LogP contribution in [0.3, 0.4) is 0 Å². The van der Waals surface area contributed by atoms with E-state index in [1.807, 2.05) is 0 Å². The maximum atomic E-state index is 13.1. The second-order valence-corrected chi connectivity index (χ2v) is 9.22. The van der Waals surface area contributed by atoms with Crippen molar-refractivity contribution in [1.82, 2.24) is 15.0 Å². The minimum atomic E-state index is -4.58. The number of rotatable bonds is 3. The molecule has 0 saturated heterocycles. The zero-order chi connectivity index (χ0) is 22.5. The van der Waals surface area contributed by atoms with Gasteiger partial charge in [-0.3, -0.25) is 9.59 Å². The lowest BCUT2D eigenvalue weighted by atomic mass is 9.89. The predicted octanol–water partition coefficient (Wildman–Crippen LogP) is 4.85. The van der Waals surface area contributed by atoms with E-state index >= 15 is 0 Å². The highest BCUT2D eigenvalue weighted by Gasteiger charge is 2.32. The fraction of sp³-hybridized carbons (Fsp3) is 0.400. The molecule has 2 unspecified atom stereocenters. The van der Waals surface area contributed by atoms with Crippen LogP contribution in [0.5, 0.6) is 0 Å². The van der Waals surface area contributed by atoms with Gasteiger partial charge in [-0.15, -0.1) is 16.4 Å². The maximum absolute atomic E-state index is 13.1. The minimum absolute atomic E-state index is 0.0524. The molecule has 1 aliphatic carbocycles. The van der Waals surface area contributed by atoms with Gasteiger partial charge >= 0.3 is 6.18 Å². The molecule has 0 saturated carbocycles. The summed E-state index contributed by atoms with van der Waals surface area (Å²) >= 11 is 7.39. The molecule has 11 heteroatoms. The Hall–Kier alpha value is -2.46. The molecule has 164 valence electrons. The summed E-state index contributed by atoms with van der Waals surface area (Å²) < 4.78 is 39.9. The number of thiophene rings is 1. The van der Waals surface area contributed by atoms with Crippen LogP contribution >= 0.6 is 22.9 Å². The lowest BCUT2D eigenvalue weighted by Crippen LogP contribution is -2.34. The third kappa shape index (κ3) is 4.06. The Morgan fingerprint density at radius 2 is 2.13 bits per heavy atom. The summed E-state index contributed by atoms with van der Waals surface area (Å²) in [6, 6.07) is 1.53. The number of benzene rings is 1. The summed E-state index contributed by atoms with van der Waals surface area (Å²) in [5, 5.41) is 10.8.